The van der Waals surface area contributed by atoms with E-state index >= 15 is 0 Å². The number of amides is 1. The summed E-state index contributed by atoms with van der Waals surface area (Å²) >= 11 is 0. The van der Waals surface area contributed by atoms with Crippen molar-refractivity contribution in [3.05, 3.63) is 108 Å². The minimum Gasteiger partial charge on any atom is -0.491 e. The van der Waals surface area contributed by atoms with Gasteiger partial charge in [0.25, 0.3) is 0 Å². The van der Waals surface area contributed by atoms with Crippen LogP contribution in [0, 0.1) is 5.82 Å². The molecule has 1 atom stereocenters. The number of anilines is 1. The number of imidazole rings is 1. The molecule has 0 saturated carbocycles. The normalized spacial score (nSPS) is 12.2. The van der Waals surface area contributed by atoms with Gasteiger partial charge in [0.2, 0.25) is 5.91 Å². The van der Waals surface area contributed by atoms with Gasteiger partial charge in [-0.3, -0.25) is 9.00 Å². The fourth-order valence-electron chi connectivity index (χ4n) is 4.16. The summed E-state index contributed by atoms with van der Waals surface area (Å²) in [6.45, 7) is 5.79. The fraction of sp³-hybridized carbons (Fsp3) is 0.235. The molecule has 1 unspecified atom stereocenters. The molecule has 4 rings (SSSR count). The van der Waals surface area contributed by atoms with E-state index in [2.05, 4.69) is 17.2 Å². The lowest BCUT2D eigenvalue weighted by atomic mass is 10.0. The number of unbranched alkanes of at least 4 members (excludes halogenated alkanes) is 1. The number of carbonyl (C=O) groups is 1. The highest BCUT2D eigenvalue weighted by Gasteiger charge is 2.10. The minimum absolute atomic E-state index is 0.292. The number of hydrogen-bond donors (Lipinski definition) is 1. The van der Waals surface area contributed by atoms with Gasteiger partial charge in [-0.15, -0.1) is 0 Å². The van der Waals surface area contributed by atoms with E-state index in [-0.39, 0.29) is 0 Å². The van der Waals surface area contributed by atoms with Crippen molar-refractivity contribution < 1.29 is 22.9 Å². The van der Waals surface area contributed by atoms with Crippen LogP contribution in [0.3, 0.4) is 0 Å². The molecular formula is C34H36FN3O4S. The third-order valence-electron chi connectivity index (χ3n) is 6.46. The van der Waals surface area contributed by atoms with Crippen molar-refractivity contribution in [2.75, 3.05) is 25.1 Å². The van der Waals surface area contributed by atoms with Crippen LogP contribution in [-0.2, 0) is 26.1 Å². The first-order valence-electron chi connectivity index (χ1n) is 14.2. The van der Waals surface area contributed by atoms with E-state index in [0.717, 1.165) is 42.0 Å². The molecular weight excluding hydrogens is 565 g/mol. The standard InChI is InChI=1S/C34H36FN3O4S/c1-3-5-19-41-20-21-42-31-12-6-26(7-13-31)27-8-16-33(35)28(22-27)9-17-34(39)37-29-10-14-32(15-11-29)43(40)24-30-23-36-25-38(30)18-4-2/h4,6-18,22-23,25H,3,5,19-21,24H2,1-2H3,(H,37,39)/b17-9+,18-4-. The first kappa shape index (κ1) is 31.6. The maximum atomic E-state index is 14.5. The fourth-order valence-corrected chi connectivity index (χ4v) is 5.26. The van der Waals surface area contributed by atoms with Crippen LogP contribution in [0.15, 0.2) is 96.3 Å². The summed E-state index contributed by atoms with van der Waals surface area (Å²) in [5.41, 5.74) is 3.38. The molecule has 0 radical (unpaired) electrons. The van der Waals surface area contributed by atoms with Crippen LogP contribution in [0.4, 0.5) is 10.1 Å². The Morgan fingerprint density at radius 1 is 1.02 bits per heavy atom. The Morgan fingerprint density at radius 3 is 2.53 bits per heavy atom. The average Bonchev–Trinajstić information content (AvgIpc) is 3.45. The summed E-state index contributed by atoms with van der Waals surface area (Å²) in [6, 6.07) is 19.1. The monoisotopic (exact) mass is 601 g/mol. The van der Waals surface area contributed by atoms with Gasteiger partial charge in [0, 0.05) is 41.2 Å². The van der Waals surface area contributed by atoms with Crippen LogP contribution in [0.5, 0.6) is 5.75 Å². The highest BCUT2D eigenvalue weighted by atomic mass is 32.2. The average molecular weight is 602 g/mol. The molecule has 1 amide bonds. The lowest BCUT2D eigenvalue weighted by Crippen LogP contribution is -2.08. The minimum atomic E-state index is -1.28. The Kier molecular flexibility index (Phi) is 12.0. The van der Waals surface area contributed by atoms with E-state index < -0.39 is 22.5 Å². The van der Waals surface area contributed by atoms with Gasteiger partial charge in [-0.05, 0) is 79.1 Å². The van der Waals surface area contributed by atoms with E-state index in [1.54, 1.807) is 48.9 Å². The number of halogens is 1. The number of benzene rings is 3. The van der Waals surface area contributed by atoms with Gasteiger partial charge in [-0.25, -0.2) is 9.37 Å². The van der Waals surface area contributed by atoms with Crippen molar-refractivity contribution in [3.63, 3.8) is 0 Å². The van der Waals surface area contributed by atoms with Gasteiger partial charge in [0.1, 0.15) is 18.2 Å². The van der Waals surface area contributed by atoms with Crippen LogP contribution < -0.4 is 10.1 Å². The van der Waals surface area contributed by atoms with E-state index in [1.165, 1.54) is 18.2 Å². The quantitative estimate of drug-likeness (QED) is 0.114. The molecule has 1 N–H and O–H groups in total. The Bertz CT molecular complexity index is 1560. The lowest BCUT2D eigenvalue weighted by molar-refractivity contribution is -0.111. The van der Waals surface area contributed by atoms with Gasteiger partial charge < -0.3 is 19.4 Å². The van der Waals surface area contributed by atoms with E-state index in [4.69, 9.17) is 9.47 Å². The SMILES string of the molecule is C/C=C\n1cncc1CS(=O)c1ccc(NC(=O)/C=C/c2cc(-c3ccc(OCCOCCCC)cc3)ccc2F)cc1. The second-order valence-corrected chi connectivity index (χ2v) is 11.1. The van der Waals surface area contributed by atoms with Gasteiger partial charge in [-0.2, -0.15) is 0 Å². The summed E-state index contributed by atoms with van der Waals surface area (Å²) in [4.78, 5) is 17.3. The number of hydrogen-bond acceptors (Lipinski definition) is 5. The number of aromatic nitrogens is 2. The third-order valence-corrected chi connectivity index (χ3v) is 7.81. The van der Waals surface area contributed by atoms with Crippen LogP contribution in [0.2, 0.25) is 0 Å². The molecule has 3 aromatic carbocycles. The molecule has 1 aromatic heterocycles. The molecule has 224 valence electrons. The van der Waals surface area contributed by atoms with Crippen LogP contribution in [-0.4, -0.2) is 39.5 Å². The Labute approximate surface area is 254 Å². The first-order valence-corrected chi connectivity index (χ1v) is 15.5. The van der Waals surface area contributed by atoms with Gasteiger partial charge in [0.05, 0.1) is 35.2 Å². The number of nitrogens with one attached hydrogen (secondary N) is 1. The van der Waals surface area contributed by atoms with Gasteiger partial charge in [-0.1, -0.05) is 37.6 Å². The van der Waals surface area contributed by atoms with E-state index in [0.29, 0.717) is 35.1 Å². The van der Waals surface area contributed by atoms with Crippen LogP contribution in [0.1, 0.15) is 37.9 Å². The van der Waals surface area contributed by atoms with E-state index in [1.807, 2.05) is 48.0 Å². The Morgan fingerprint density at radius 2 is 1.79 bits per heavy atom. The zero-order valence-electron chi connectivity index (χ0n) is 24.4. The predicted molar refractivity (Wildman–Crippen MR) is 171 cm³/mol. The van der Waals surface area contributed by atoms with Crippen molar-refractivity contribution in [3.8, 4) is 16.9 Å². The van der Waals surface area contributed by atoms with Crippen molar-refractivity contribution in [2.24, 2.45) is 0 Å². The second-order valence-electron chi connectivity index (χ2n) is 9.69. The number of carbonyl (C=O) groups excluding carboxylic acids is 1. The van der Waals surface area contributed by atoms with Crippen molar-refractivity contribution in [2.45, 2.75) is 37.3 Å². The molecule has 0 fully saturated rings. The van der Waals surface area contributed by atoms with Crippen LogP contribution >= 0.6 is 0 Å². The van der Waals surface area contributed by atoms with Crippen molar-refractivity contribution in [1.29, 1.82) is 0 Å². The zero-order chi connectivity index (χ0) is 30.4. The lowest BCUT2D eigenvalue weighted by Gasteiger charge is -2.09. The van der Waals surface area contributed by atoms with Gasteiger partial charge >= 0.3 is 0 Å². The molecule has 0 aliphatic heterocycles. The maximum absolute atomic E-state index is 14.5. The first-order chi connectivity index (χ1) is 21.0. The molecule has 0 saturated heterocycles. The Hall–Kier alpha value is -4.34. The number of ether oxygens (including phenoxy) is 2. The summed E-state index contributed by atoms with van der Waals surface area (Å²) in [5, 5.41) is 2.76. The number of allylic oxidation sites excluding steroid dienone is 1. The molecule has 7 nitrogen and oxygen atoms in total. The molecule has 9 heteroatoms. The smallest absolute Gasteiger partial charge is 0.248 e. The van der Waals surface area contributed by atoms with Crippen molar-refractivity contribution >= 4 is 34.7 Å². The summed E-state index contributed by atoms with van der Waals surface area (Å²) in [5.74, 6) is 0.209. The maximum Gasteiger partial charge on any atom is 0.248 e. The number of rotatable bonds is 15. The Balaban J connectivity index is 1.31. The van der Waals surface area contributed by atoms with E-state index in [9.17, 15) is 13.4 Å². The molecule has 1 heterocycles. The van der Waals surface area contributed by atoms with Crippen molar-refractivity contribution in [1.82, 2.24) is 9.55 Å². The summed E-state index contributed by atoms with van der Waals surface area (Å²) in [7, 11) is -1.28. The highest BCUT2D eigenvalue weighted by molar-refractivity contribution is 7.84. The third kappa shape index (κ3) is 9.59. The molecule has 4 aromatic rings. The molecule has 0 aliphatic rings. The largest absolute Gasteiger partial charge is 0.491 e. The van der Waals surface area contributed by atoms with Crippen LogP contribution in [0.25, 0.3) is 23.4 Å². The summed E-state index contributed by atoms with van der Waals surface area (Å²) < 4.78 is 40.4. The zero-order valence-corrected chi connectivity index (χ0v) is 25.2. The summed E-state index contributed by atoms with van der Waals surface area (Å²) in [6.07, 6.45) is 12.0. The molecule has 0 bridgehead atoms. The highest BCUT2D eigenvalue weighted by Crippen LogP contribution is 2.25. The molecule has 43 heavy (non-hydrogen) atoms. The predicted octanol–water partition coefficient (Wildman–Crippen LogP) is 7.34. The topological polar surface area (TPSA) is 82.5 Å². The molecule has 0 spiro atoms. The number of nitrogens with zero attached hydrogens (tertiary/aromatic N) is 2. The second kappa shape index (κ2) is 16.3. The molecule has 0 aliphatic carbocycles. The van der Waals surface area contributed by atoms with Gasteiger partial charge in [0.15, 0.2) is 0 Å².